The molecule has 0 radical (unpaired) electrons. The van der Waals surface area contributed by atoms with Gasteiger partial charge >= 0.3 is 0 Å². The van der Waals surface area contributed by atoms with E-state index in [1.807, 2.05) is 42.5 Å². The fraction of sp³-hybridized carbons (Fsp3) is 0.0800. The molecule has 0 bridgehead atoms. The van der Waals surface area contributed by atoms with Crippen LogP contribution in [0.5, 0.6) is 0 Å². The molecule has 146 valence electrons. The van der Waals surface area contributed by atoms with E-state index in [0.717, 1.165) is 27.3 Å². The minimum Gasteiger partial charge on any atom is -0.285 e. The highest BCUT2D eigenvalue weighted by Crippen LogP contribution is 2.26. The molecule has 30 heavy (non-hydrogen) atoms. The third-order valence-corrected chi connectivity index (χ3v) is 6.18. The molecule has 1 amide bonds. The Labute approximate surface area is 178 Å². The van der Waals surface area contributed by atoms with Crippen molar-refractivity contribution in [3.05, 3.63) is 96.1 Å². The van der Waals surface area contributed by atoms with E-state index in [0.29, 0.717) is 17.5 Å². The Kier molecular flexibility index (Phi) is 5.03. The minimum atomic E-state index is 0.0621. The van der Waals surface area contributed by atoms with Gasteiger partial charge in [0, 0.05) is 5.56 Å². The van der Waals surface area contributed by atoms with Gasteiger partial charge in [0.15, 0.2) is 5.17 Å². The first-order valence-electron chi connectivity index (χ1n) is 9.78. The summed E-state index contributed by atoms with van der Waals surface area (Å²) in [4.78, 5) is 14.2. The van der Waals surface area contributed by atoms with Crippen LogP contribution < -0.4 is 0 Å². The number of amides is 1. The van der Waals surface area contributed by atoms with Crippen LogP contribution in [0.1, 0.15) is 11.1 Å². The Bertz CT molecular complexity index is 1300. The summed E-state index contributed by atoms with van der Waals surface area (Å²) in [5.74, 6) is 0.458. The van der Waals surface area contributed by atoms with Crippen molar-refractivity contribution < 1.29 is 4.79 Å². The quantitative estimate of drug-likeness (QED) is 0.332. The summed E-state index contributed by atoms with van der Waals surface area (Å²) in [6.45, 7) is 0.496. The lowest BCUT2D eigenvalue weighted by atomic mass is 10.0. The van der Waals surface area contributed by atoms with Crippen LogP contribution in [0.15, 0.2) is 95.1 Å². The molecule has 1 fully saturated rings. The van der Waals surface area contributed by atoms with Gasteiger partial charge in [-0.05, 0) is 27.1 Å². The lowest BCUT2D eigenvalue weighted by molar-refractivity contribution is -0.124. The van der Waals surface area contributed by atoms with Crippen LogP contribution in [0.4, 0.5) is 0 Å². The second-order valence-corrected chi connectivity index (χ2v) is 8.04. The van der Waals surface area contributed by atoms with Crippen molar-refractivity contribution in [2.45, 2.75) is 6.54 Å². The molecule has 4 aromatic carbocycles. The zero-order chi connectivity index (χ0) is 20.3. The summed E-state index contributed by atoms with van der Waals surface area (Å²) < 4.78 is 0. The fourth-order valence-corrected chi connectivity index (χ4v) is 4.57. The first kappa shape index (κ1) is 18.6. The van der Waals surface area contributed by atoms with Crippen molar-refractivity contribution in [2.75, 3.05) is 5.75 Å². The molecule has 1 saturated heterocycles. The van der Waals surface area contributed by atoms with Gasteiger partial charge in [-0.2, -0.15) is 5.10 Å². The Hall–Kier alpha value is -3.44. The van der Waals surface area contributed by atoms with E-state index in [9.17, 15) is 4.79 Å². The van der Waals surface area contributed by atoms with Gasteiger partial charge in [-0.1, -0.05) is 96.7 Å². The summed E-state index contributed by atoms with van der Waals surface area (Å²) in [6.07, 6.45) is 1.76. The highest BCUT2D eigenvalue weighted by atomic mass is 32.2. The molecule has 4 nitrogen and oxygen atoms in total. The lowest BCUT2D eigenvalue weighted by Crippen LogP contribution is -2.28. The average Bonchev–Trinajstić information content (AvgIpc) is 3.13. The molecule has 0 unspecified atom stereocenters. The molecule has 4 aromatic rings. The van der Waals surface area contributed by atoms with E-state index in [2.05, 4.69) is 52.7 Å². The molecular weight excluding hydrogens is 390 g/mol. The Balaban J connectivity index is 1.43. The maximum Gasteiger partial charge on any atom is 0.239 e. The topological polar surface area (TPSA) is 45.0 Å². The molecule has 0 aromatic heterocycles. The first-order valence-corrected chi connectivity index (χ1v) is 10.8. The van der Waals surface area contributed by atoms with Gasteiger partial charge in [-0.15, -0.1) is 5.10 Å². The third-order valence-electron chi connectivity index (χ3n) is 5.23. The second-order valence-electron chi connectivity index (χ2n) is 7.10. The maximum atomic E-state index is 12.5. The largest absolute Gasteiger partial charge is 0.285 e. The smallest absolute Gasteiger partial charge is 0.239 e. The zero-order valence-electron chi connectivity index (χ0n) is 16.2. The standard InChI is InChI=1S/C25H19N3OS/c29-24-17-30-25(27-26-15-20-11-5-9-18-7-1-3-13-22(18)20)28(24)16-21-12-6-10-19-8-2-4-14-23(19)21/h1-15H,16-17H2. The number of rotatable bonds is 4. The van der Waals surface area contributed by atoms with Gasteiger partial charge in [0.25, 0.3) is 0 Å². The molecular formula is C25H19N3OS. The van der Waals surface area contributed by atoms with Gasteiger partial charge in [-0.3, -0.25) is 9.69 Å². The van der Waals surface area contributed by atoms with Gasteiger partial charge in [0.05, 0.1) is 18.5 Å². The number of thioether (sulfide) groups is 1. The van der Waals surface area contributed by atoms with E-state index in [1.165, 1.54) is 17.1 Å². The highest BCUT2D eigenvalue weighted by molar-refractivity contribution is 8.15. The van der Waals surface area contributed by atoms with Crippen molar-refractivity contribution in [2.24, 2.45) is 10.2 Å². The zero-order valence-corrected chi connectivity index (χ0v) is 17.0. The molecule has 1 aliphatic heterocycles. The molecule has 0 aliphatic carbocycles. The van der Waals surface area contributed by atoms with Crippen molar-refractivity contribution in [3.63, 3.8) is 0 Å². The number of hydrogen-bond acceptors (Lipinski definition) is 4. The van der Waals surface area contributed by atoms with E-state index >= 15 is 0 Å². The number of carbonyl (C=O) groups excluding carboxylic acids is 1. The van der Waals surface area contributed by atoms with E-state index in [-0.39, 0.29) is 5.91 Å². The first-order chi connectivity index (χ1) is 14.8. The van der Waals surface area contributed by atoms with Crippen LogP contribution in [-0.2, 0) is 11.3 Å². The summed E-state index contributed by atoms with van der Waals surface area (Å²) in [5.41, 5.74) is 2.11. The normalized spacial score (nSPS) is 15.8. The number of fused-ring (bicyclic) bond motifs is 2. The van der Waals surface area contributed by atoms with Crippen LogP contribution >= 0.6 is 11.8 Å². The van der Waals surface area contributed by atoms with Crippen molar-refractivity contribution in [1.29, 1.82) is 0 Å². The van der Waals surface area contributed by atoms with Crippen LogP contribution in [-0.4, -0.2) is 27.9 Å². The number of hydrogen-bond donors (Lipinski definition) is 0. The molecule has 1 aliphatic rings. The number of carbonyl (C=O) groups is 1. The van der Waals surface area contributed by atoms with E-state index in [1.54, 1.807) is 11.1 Å². The van der Waals surface area contributed by atoms with Crippen LogP contribution in [0.2, 0.25) is 0 Å². The molecule has 5 rings (SSSR count). The summed E-state index contributed by atoms with van der Waals surface area (Å²) in [7, 11) is 0. The second kappa shape index (κ2) is 8.13. The van der Waals surface area contributed by atoms with Gasteiger partial charge in [0.1, 0.15) is 0 Å². The fourth-order valence-electron chi connectivity index (χ4n) is 3.73. The van der Waals surface area contributed by atoms with Gasteiger partial charge in [-0.25, -0.2) is 0 Å². The Morgan fingerprint density at radius 1 is 0.833 bits per heavy atom. The molecule has 0 saturated carbocycles. The molecule has 5 heteroatoms. The van der Waals surface area contributed by atoms with Gasteiger partial charge < -0.3 is 0 Å². The summed E-state index contributed by atoms with van der Waals surface area (Å²) in [6, 6.07) is 28.7. The van der Waals surface area contributed by atoms with E-state index in [4.69, 9.17) is 0 Å². The Morgan fingerprint density at radius 3 is 2.33 bits per heavy atom. The van der Waals surface area contributed by atoms with Crippen LogP contribution in [0.3, 0.4) is 0 Å². The van der Waals surface area contributed by atoms with Crippen molar-refractivity contribution >= 4 is 50.6 Å². The average molecular weight is 410 g/mol. The summed E-state index contributed by atoms with van der Waals surface area (Å²) >= 11 is 1.43. The van der Waals surface area contributed by atoms with E-state index < -0.39 is 0 Å². The van der Waals surface area contributed by atoms with Crippen molar-refractivity contribution in [1.82, 2.24) is 4.90 Å². The third kappa shape index (κ3) is 3.60. The Morgan fingerprint density at radius 2 is 1.50 bits per heavy atom. The molecule has 0 N–H and O–H groups in total. The number of nitrogens with zero attached hydrogens (tertiary/aromatic N) is 3. The predicted molar refractivity (Wildman–Crippen MR) is 126 cm³/mol. The maximum absolute atomic E-state index is 12.5. The molecule has 0 atom stereocenters. The SMILES string of the molecule is O=C1CSC(=NN=Cc2cccc3ccccc23)N1Cc1cccc2ccccc12. The van der Waals surface area contributed by atoms with Crippen LogP contribution in [0, 0.1) is 0 Å². The van der Waals surface area contributed by atoms with Gasteiger partial charge in [0.2, 0.25) is 5.91 Å². The summed E-state index contributed by atoms with van der Waals surface area (Å²) in [5, 5.41) is 14.0. The monoisotopic (exact) mass is 409 g/mol. The minimum absolute atomic E-state index is 0.0621. The van der Waals surface area contributed by atoms with Crippen LogP contribution in [0.25, 0.3) is 21.5 Å². The lowest BCUT2D eigenvalue weighted by Gasteiger charge is -2.16. The number of amidine groups is 1. The predicted octanol–water partition coefficient (Wildman–Crippen LogP) is 5.46. The highest BCUT2D eigenvalue weighted by Gasteiger charge is 2.28. The number of benzene rings is 4. The molecule has 0 spiro atoms. The van der Waals surface area contributed by atoms with Crippen molar-refractivity contribution in [3.8, 4) is 0 Å². The molecule has 1 heterocycles.